The standard InChI is InChI=1S/C21H21F2N3O4/c1-12-5-13(3-4-16(12)22)8-25-18(27)9-26(21(28)19(25)14-10-30-11-14)20-17(23)6-15(29-2)7-24-20/h3-7,14,19H,8-11H2,1-2H3. The molecule has 158 valence electrons. The Morgan fingerprint density at radius 2 is 1.97 bits per heavy atom. The van der Waals surface area contributed by atoms with Crippen LogP contribution in [-0.2, 0) is 20.9 Å². The van der Waals surface area contributed by atoms with E-state index in [9.17, 15) is 18.4 Å². The maximum Gasteiger partial charge on any atom is 0.251 e. The Morgan fingerprint density at radius 3 is 2.57 bits per heavy atom. The molecule has 7 nitrogen and oxygen atoms in total. The number of hydrogen-bond donors (Lipinski definition) is 0. The number of rotatable bonds is 5. The second kappa shape index (κ2) is 7.98. The summed E-state index contributed by atoms with van der Waals surface area (Å²) in [5, 5.41) is 0. The molecule has 2 saturated heterocycles. The average Bonchev–Trinajstić information content (AvgIpc) is 2.68. The Labute approximate surface area is 172 Å². The third kappa shape index (κ3) is 3.60. The fourth-order valence-electron chi connectivity index (χ4n) is 3.74. The third-order valence-electron chi connectivity index (χ3n) is 5.44. The molecule has 0 radical (unpaired) electrons. The lowest BCUT2D eigenvalue weighted by atomic mass is 9.92. The molecular formula is C21H21F2N3O4. The van der Waals surface area contributed by atoms with Crippen molar-refractivity contribution >= 4 is 17.6 Å². The van der Waals surface area contributed by atoms with Crippen molar-refractivity contribution in [2.45, 2.75) is 19.5 Å². The van der Waals surface area contributed by atoms with Crippen LogP contribution in [0.3, 0.4) is 0 Å². The zero-order valence-electron chi connectivity index (χ0n) is 16.6. The van der Waals surface area contributed by atoms with E-state index in [2.05, 4.69) is 4.98 Å². The lowest BCUT2D eigenvalue weighted by Crippen LogP contribution is -2.65. The number of hydrogen-bond acceptors (Lipinski definition) is 5. The summed E-state index contributed by atoms with van der Waals surface area (Å²) in [6.45, 7) is 2.11. The van der Waals surface area contributed by atoms with Gasteiger partial charge in [0.2, 0.25) is 5.91 Å². The average molecular weight is 417 g/mol. The molecule has 1 atom stereocenters. The molecule has 4 rings (SSSR count). The Hall–Kier alpha value is -3.07. The summed E-state index contributed by atoms with van der Waals surface area (Å²) >= 11 is 0. The largest absolute Gasteiger partial charge is 0.495 e. The van der Waals surface area contributed by atoms with Crippen LogP contribution in [0, 0.1) is 24.5 Å². The van der Waals surface area contributed by atoms with E-state index < -0.39 is 17.8 Å². The first-order valence-electron chi connectivity index (χ1n) is 9.52. The Kier molecular flexibility index (Phi) is 5.38. The highest BCUT2D eigenvalue weighted by Crippen LogP contribution is 2.31. The lowest BCUT2D eigenvalue weighted by molar-refractivity contribution is -0.155. The molecule has 0 N–H and O–H groups in total. The zero-order valence-corrected chi connectivity index (χ0v) is 16.6. The van der Waals surface area contributed by atoms with E-state index in [1.165, 1.54) is 24.3 Å². The zero-order chi connectivity index (χ0) is 21.4. The van der Waals surface area contributed by atoms with E-state index >= 15 is 0 Å². The molecule has 0 saturated carbocycles. The minimum absolute atomic E-state index is 0.152. The first-order chi connectivity index (χ1) is 14.4. The number of nitrogens with zero attached hydrogens (tertiary/aromatic N) is 3. The minimum Gasteiger partial charge on any atom is -0.495 e. The van der Waals surface area contributed by atoms with Gasteiger partial charge in [-0.2, -0.15) is 0 Å². The van der Waals surface area contributed by atoms with Crippen molar-refractivity contribution in [1.29, 1.82) is 0 Å². The molecule has 2 aromatic rings. The predicted octanol–water partition coefficient (Wildman–Crippen LogP) is 2.07. The monoisotopic (exact) mass is 417 g/mol. The molecule has 1 aromatic heterocycles. The second-order valence-electron chi connectivity index (χ2n) is 7.45. The molecule has 30 heavy (non-hydrogen) atoms. The number of anilines is 1. The molecule has 2 fully saturated rings. The van der Waals surface area contributed by atoms with Gasteiger partial charge in [0.25, 0.3) is 5.91 Å². The van der Waals surface area contributed by atoms with Gasteiger partial charge in [-0.1, -0.05) is 12.1 Å². The van der Waals surface area contributed by atoms with Crippen molar-refractivity contribution in [3.8, 4) is 5.75 Å². The molecule has 0 spiro atoms. The van der Waals surface area contributed by atoms with E-state index in [0.29, 0.717) is 24.3 Å². The maximum atomic E-state index is 14.6. The van der Waals surface area contributed by atoms with Crippen LogP contribution in [0.15, 0.2) is 30.5 Å². The number of aromatic nitrogens is 1. The number of amides is 2. The van der Waals surface area contributed by atoms with Crippen molar-refractivity contribution in [2.24, 2.45) is 5.92 Å². The number of benzene rings is 1. The van der Waals surface area contributed by atoms with Gasteiger partial charge in [0.05, 0.1) is 26.5 Å². The smallest absolute Gasteiger partial charge is 0.251 e. The summed E-state index contributed by atoms with van der Waals surface area (Å²) in [6.07, 6.45) is 1.30. The van der Waals surface area contributed by atoms with Crippen molar-refractivity contribution in [3.05, 3.63) is 53.2 Å². The van der Waals surface area contributed by atoms with Crippen LogP contribution >= 0.6 is 0 Å². The van der Waals surface area contributed by atoms with Crippen molar-refractivity contribution in [3.63, 3.8) is 0 Å². The molecule has 3 heterocycles. The van der Waals surface area contributed by atoms with E-state index in [-0.39, 0.29) is 42.3 Å². The summed E-state index contributed by atoms with van der Waals surface area (Å²) in [5.74, 6) is -2.05. The Bertz CT molecular complexity index is 996. The molecule has 2 aliphatic rings. The number of carbonyl (C=O) groups excluding carboxylic acids is 2. The molecule has 2 aliphatic heterocycles. The van der Waals surface area contributed by atoms with Gasteiger partial charge < -0.3 is 14.4 Å². The highest BCUT2D eigenvalue weighted by atomic mass is 19.1. The van der Waals surface area contributed by atoms with Crippen LogP contribution in [0.5, 0.6) is 5.75 Å². The highest BCUT2D eigenvalue weighted by Gasteiger charge is 2.47. The van der Waals surface area contributed by atoms with Crippen molar-refractivity contribution in [2.75, 3.05) is 31.8 Å². The Morgan fingerprint density at radius 1 is 1.20 bits per heavy atom. The van der Waals surface area contributed by atoms with E-state index in [1.54, 1.807) is 19.1 Å². The van der Waals surface area contributed by atoms with Gasteiger partial charge in [-0.3, -0.25) is 14.5 Å². The number of methoxy groups -OCH3 is 1. The fraction of sp³-hybridized carbons (Fsp3) is 0.381. The maximum absolute atomic E-state index is 14.6. The van der Waals surface area contributed by atoms with Crippen LogP contribution in [0.4, 0.5) is 14.6 Å². The topological polar surface area (TPSA) is 72.0 Å². The molecule has 9 heteroatoms. The molecule has 0 bridgehead atoms. The summed E-state index contributed by atoms with van der Waals surface area (Å²) < 4.78 is 38.3. The van der Waals surface area contributed by atoms with Gasteiger partial charge in [-0.25, -0.2) is 13.8 Å². The van der Waals surface area contributed by atoms with Gasteiger partial charge in [0.15, 0.2) is 11.6 Å². The molecule has 0 aliphatic carbocycles. The lowest BCUT2D eigenvalue weighted by Gasteiger charge is -2.45. The van der Waals surface area contributed by atoms with Gasteiger partial charge in [-0.05, 0) is 24.1 Å². The SMILES string of the molecule is COc1cnc(N2CC(=O)N(Cc3ccc(F)c(C)c3)C(C3COC3)C2=O)c(F)c1. The van der Waals surface area contributed by atoms with Crippen LogP contribution in [0.25, 0.3) is 0 Å². The number of piperazine rings is 1. The van der Waals surface area contributed by atoms with E-state index in [4.69, 9.17) is 9.47 Å². The number of carbonyl (C=O) groups is 2. The molecule has 1 aromatic carbocycles. The van der Waals surface area contributed by atoms with Gasteiger partial charge in [0, 0.05) is 18.5 Å². The molecule has 2 amide bonds. The fourth-order valence-corrected chi connectivity index (χ4v) is 3.74. The summed E-state index contributed by atoms with van der Waals surface area (Å²) in [4.78, 5) is 32.9. The van der Waals surface area contributed by atoms with Gasteiger partial charge >= 0.3 is 0 Å². The Balaban J connectivity index is 1.65. The quantitative estimate of drug-likeness (QED) is 0.745. The minimum atomic E-state index is -0.811. The first kappa shape index (κ1) is 20.2. The highest BCUT2D eigenvalue weighted by molar-refractivity contribution is 6.06. The van der Waals surface area contributed by atoms with Gasteiger partial charge in [0.1, 0.15) is 24.2 Å². The van der Waals surface area contributed by atoms with Gasteiger partial charge in [-0.15, -0.1) is 0 Å². The number of pyridine rings is 1. The number of ether oxygens (including phenoxy) is 2. The van der Waals surface area contributed by atoms with Crippen molar-refractivity contribution in [1.82, 2.24) is 9.88 Å². The first-order valence-corrected chi connectivity index (χ1v) is 9.52. The summed E-state index contributed by atoms with van der Waals surface area (Å²) in [6, 6.07) is 4.89. The second-order valence-corrected chi connectivity index (χ2v) is 7.45. The number of halogens is 2. The van der Waals surface area contributed by atoms with Crippen LogP contribution in [0.1, 0.15) is 11.1 Å². The molecule has 1 unspecified atom stereocenters. The van der Waals surface area contributed by atoms with Crippen LogP contribution in [0.2, 0.25) is 0 Å². The molecular weight excluding hydrogens is 396 g/mol. The predicted molar refractivity (Wildman–Crippen MR) is 103 cm³/mol. The van der Waals surface area contributed by atoms with Crippen molar-refractivity contribution < 1.29 is 27.8 Å². The summed E-state index contributed by atoms with van der Waals surface area (Å²) in [5.41, 5.74) is 1.17. The van der Waals surface area contributed by atoms with E-state index in [0.717, 1.165) is 11.0 Å². The van der Waals surface area contributed by atoms with E-state index in [1.807, 2.05) is 0 Å². The third-order valence-corrected chi connectivity index (χ3v) is 5.44. The van der Waals surface area contributed by atoms with Crippen LogP contribution < -0.4 is 9.64 Å². The summed E-state index contributed by atoms with van der Waals surface area (Å²) in [7, 11) is 1.38. The number of aryl methyl sites for hydroxylation is 1. The van der Waals surface area contributed by atoms with Crippen LogP contribution in [-0.4, -0.2) is 54.6 Å². The normalized spacial score (nSPS) is 19.8.